The number of carbonyl (C=O) groups is 2. The Hall–Kier alpha value is -3.19. The number of amides is 2. The van der Waals surface area contributed by atoms with E-state index in [1.165, 1.54) is 17.7 Å². The lowest BCUT2D eigenvalue weighted by Gasteiger charge is -2.41. The highest BCUT2D eigenvalue weighted by Crippen LogP contribution is 2.36. The molecule has 6 nitrogen and oxygen atoms in total. The number of carbonyl (C=O) groups excluding carboxylic acids is 2. The van der Waals surface area contributed by atoms with Crippen molar-refractivity contribution in [3.05, 3.63) is 82.7 Å². The van der Waals surface area contributed by atoms with E-state index in [-0.39, 0.29) is 30.4 Å². The summed E-state index contributed by atoms with van der Waals surface area (Å²) >= 11 is 0. The Kier molecular flexibility index (Phi) is 7.26. The first kappa shape index (κ1) is 24.9. The summed E-state index contributed by atoms with van der Waals surface area (Å²) in [5, 5.41) is 2.91. The molecule has 0 unspecified atom stereocenters. The highest BCUT2D eigenvalue weighted by Gasteiger charge is 2.39. The summed E-state index contributed by atoms with van der Waals surface area (Å²) in [5.74, 6) is -0.457. The Balaban J connectivity index is 1.58. The van der Waals surface area contributed by atoms with Gasteiger partial charge in [0.2, 0.25) is 0 Å². The van der Waals surface area contributed by atoms with Gasteiger partial charge < -0.3 is 19.7 Å². The van der Waals surface area contributed by atoms with E-state index in [0.717, 1.165) is 23.1 Å². The lowest BCUT2D eigenvalue weighted by molar-refractivity contribution is -0.147. The molecule has 2 aliphatic heterocycles. The van der Waals surface area contributed by atoms with Gasteiger partial charge in [0.15, 0.2) is 0 Å². The minimum Gasteiger partial charge on any atom is -0.444 e. The van der Waals surface area contributed by atoms with E-state index in [0.29, 0.717) is 13.0 Å². The number of allylic oxidation sites excluding steroid dienone is 1. The second-order valence-electron chi connectivity index (χ2n) is 10.0. The predicted molar refractivity (Wildman–Crippen MR) is 131 cm³/mol. The summed E-state index contributed by atoms with van der Waals surface area (Å²) in [7, 11) is 0. The number of benzene rings is 2. The van der Waals surface area contributed by atoms with Crippen LogP contribution >= 0.6 is 0 Å². The third-order valence-electron chi connectivity index (χ3n) is 6.44. The van der Waals surface area contributed by atoms with Crippen LogP contribution in [0.3, 0.4) is 0 Å². The molecule has 0 radical (unpaired) electrons. The first-order valence-corrected chi connectivity index (χ1v) is 12.1. The van der Waals surface area contributed by atoms with E-state index >= 15 is 0 Å². The SMILES string of the molecule is CC=C1CO[C@H](C(=O)N2CCc3ccccc3[C@@H]2c2ccc(F)cc2)C[C@@H]1NC(=O)OC(C)(C)C. The van der Waals surface area contributed by atoms with Gasteiger partial charge in [-0.15, -0.1) is 0 Å². The molecule has 3 atom stereocenters. The minimum absolute atomic E-state index is 0.139. The zero-order valence-corrected chi connectivity index (χ0v) is 20.7. The van der Waals surface area contributed by atoms with E-state index in [4.69, 9.17) is 9.47 Å². The monoisotopic (exact) mass is 480 g/mol. The van der Waals surface area contributed by atoms with Gasteiger partial charge in [0.05, 0.1) is 18.7 Å². The van der Waals surface area contributed by atoms with Crippen molar-refractivity contribution < 1.29 is 23.5 Å². The summed E-state index contributed by atoms with van der Waals surface area (Å²) in [6.45, 7) is 8.09. The summed E-state index contributed by atoms with van der Waals surface area (Å²) in [5.41, 5.74) is 3.34. The number of nitrogens with zero attached hydrogens (tertiary/aromatic N) is 1. The Morgan fingerprint density at radius 1 is 1.14 bits per heavy atom. The zero-order valence-electron chi connectivity index (χ0n) is 20.7. The highest BCUT2D eigenvalue weighted by atomic mass is 19.1. The van der Waals surface area contributed by atoms with Crippen LogP contribution in [0.2, 0.25) is 0 Å². The molecule has 1 N–H and O–H groups in total. The predicted octanol–water partition coefficient (Wildman–Crippen LogP) is 4.93. The first-order chi connectivity index (χ1) is 16.7. The number of nitrogens with one attached hydrogen (secondary N) is 1. The van der Waals surface area contributed by atoms with Gasteiger partial charge in [-0.25, -0.2) is 9.18 Å². The lowest BCUT2D eigenvalue weighted by atomic mass is 9.87. The fourth-order valence-corrected chi connectivity index (χ4v) is 4.78. The Bertz CT molecular complexity index is 1110. The van der Waals surface area contributed by atoms with Crippen LogP contribution in [-0.4, -0.2) is 47.8 Å². The van der Waals surface area contributed by atoms with Crippen LogP contribution in [0.4, 0.5) is 9.18 Å². The van der Waals surface area contributed by atoms with E-state index in [2.05, 4.69) is 11.4 Å². The molecule has 0 spiro atoms. The highest BCUT2D eigenvalue weighted by molar-refractivity contribution is 5.83. The van der Waals surface area contributed by atoms with Crippen molar-refractivity contribution in [2.45, 2.75) is 64.3 Å². The normalized spacial score (nSPS) is 23.5. The van der Waals surface area contributed by atoms with Crippen LogP contribution < -0.4 is 5.32 Å². The molecule has 35 heavy (non-hydrogen) atoms. The second kappa shape index (κ2) is 10.2. The van der Waals surface area contributed by atoms with Gasteiger partial charge >= 0.3 is 6.09 Å². The number of hydrogen-bond donors (Lipinski definition) is 1. The molecule has 4 rings (SSSR count). The maximum Gasteiger partial charge on any atom is 0.408 e. The summed E-state index contributed by atoms with van der Waals surface area (Å²) in [6.07, 6.45) is 1.71. The average Bonchev–Trinajstić information content (AvgIpc) is 2.82. The maximum atomic E-state index is 13.8. The molecular formula is C28H33FN2O4. The Labute approximate surface area is 206 Å². The molecule has 0 saturated carbocycles. The van der Waals surface area contributed by atoms with Crippen molar-refractivity contribution in [1.82, 2.24) is 10.2 Å². The number of ether oxygens (including phenoxy) is 2. The largest absolute Gasteiger partial charge is 0.444 e. The van der Waals surface area contributed by atoms with Crippen LogP contribution in [-0.2, 0) is 20.7 Å². The van der Waals surface area contributed by atoms with Crippen LogP contribution in [0.1, 0.15) is 56.8 Å². The fourth-order valence-electron chi connectivity index (χ4n) is 4.78. The molecule has 7 heteroatoms. The Morgan fingerprint density at radius 3 is 2.54 bits per heavy atom. The molecule has 1 saturated heterocycles. The van der Waals surface area contributed by atoms with Crippen LogP contribution in [0.5, 0.6) is 0 Å². The number of alkyl carbamates (subject to hydrolysis) is 1. The second-order valence-corrected chi connectivity index (χ2v) is 10.0. The van der Waals surface area contributed by atoms with Gasteiger partial charge in [0, 0.05) is 13.0 Å². The molecule has 0 aromatic heterocycles. The standard InChI is InChI=1S/C28H33FN2O4/c1-5-18-17-34-24(16-23(18)30-27(33)35-28(2,3)4)26(32)31-15-14-19-8-6-7-9-22(19)25(31)20-10-12-21(29)13-11-20/h5-13,23-25H,14-17H2,1-4H3,(H,30,33)/t23-,24-,25-/m0/s1. The molecule has 2 amide bonds. The van der Waals surface area contributed by atoms with Crippen molar-refractivity contribution in [2.24, 2.45) is 0 Å². The fraction of sp³-hybridized carbons (Fsp3) is 0.429. The number of halogens is 1. The third-order valence-corrected chi connectivity index (χ3v) is 6.44. The number of rotatable bonds is 3. The molecule has 2 aliphatic rings. The third kappa shape index (κ3) is 5.73. The van der Waals surface area contributed by atoms with Gasteiger partial charge in [-0.05, 0) is 68.5 Å². The van der Waals surface area contributed by atoms with Crippen molar-refractivity contribution in [1.29, 1.82) is 0 Å². The molecule has 2 aromatic rings. The van der Waals surface area contributed by atoms with Crippen molar-refractivity contribution in [2.75, 3.05) is 13.2 Å². The van der Waals surface area contributed by atoms with E-state index in [1.54, 1.807) is 12.1 Å². The minimum atomic E-state index is -0.716. The van der Waals surface area contributed by atoms with Gasteiger partial charge in [-0.3, -0.25) is 4.79 Å². The van der Waals surface area contributed by atoms with Crippen molar-refractivity contribution in [3.63, 3.8) is 0 Å². The molecule has 2 heterocycles. The summed E-state index contributed by atoms with van der Waals surface area (Å²) in [4.78, 5) is 28.1. The van der Waals surface area contributed by atoms with E-state index in [1.807, 2.05) is 56.9 Å². The number of fused-ring (bicyclic) bond motifs is 1. The zero-order chi connectivity index (χ0) is 25.2. The smallest absolute Gasteiger partial charge is 0.408 e. The van der Waals surface area contributed by atoms with Gasteiger partial charge in [-0.1, -0.05) is 42.5 Å². The number of hydrogen-bond acceptors (Lipinski definition) is 4. The first-order valence-electron chi connectivity index (χ1n) is 12.1. The van der Waals surface area contributed by atoms with E-state index < -0.39 is 17.8 Å². The molecule has 0 bridgehead atoms. The average molecular weight is 481 g/mol. The van der Waals surface area contributed by atoms with Gasteiger partial charge in [0.1, 0.15) is 17.5 Å². The molecule has 2 aromatic carbocycles. The summed E-state index contributed by atoms with van der Waals surface area (Å²) < 4.78 is 25.1. The lowest BCUT2D eigenvalue weighted by Crippen LogP contribution is -2.52. The maximum absolute atomic E-state index is 13.8. The molecule has 1 fully saturated rings. The quantitative estimate of drug-likeness (QED) is 0.633. The van der Waals surface area contributed by atoms with Crippen LogP contribution in [0.25, 0.3) is 0 Å². The topological polar surface area (TPSA) is 67.9 Å². The molecular weight excluding hydrogens is 447 g/mol. The van der Waals surface area contributed by atoms with Crippen LogP contribution in [0, 0.1) is 5.82 Å². The van der Waals surface area contributed by atoms with Crippen LogP contribution in [0.15, 0.2) is 60.2 Å². The van der Waals surface area contributed by atoms with E-state index in [9.17, 15) is 14.0 Å². The van der Waals surface area contributed by atoms with Gasteiger partial charge in [-0.2, -0.15) is 0 Å². The van der Waals surface area contributed by atoms with Crippen molar-refractivity contribution in [3.8, 4) is 0 Å². The molecule has 0 aliphatic carbocycles. The Morgan fingerprint density at radius 2 is 1.86 bits per heavy atom. The van der Waals surface area contributed by atoms with Crippen molar-refractivity contribution >= 4 is 12.0 Å². The van der Waals surface area contributed by atoms with Gasteiger partial charge in [0.25, 0.3) is 5.91 Å². The molecule has 186 valence electrons. The summed E-state index contributed by atoms with van der Waals surface area (Å²) in [6, 6.07) is 13.7.